The van der Waals surface area contributed by atoms with E-state index in [9.17, 15) is 22.0 Å². The highest BCUT2D eigenvalue weighted by molar-refractivity contribution is 7.89. The summed E-state index contributed by atoms with van der Waals surface area (Å²) in [6.07, 6.45) is 0.643. The van der Waals surface area contributed by atoms with Gasteiger partial charge in [-0.05, 0) is 49.6 Å². The number of rotatable bonds is 7. The van der Waals surface area contributed by atoms with Crippen LogP contribution in [0.5, 0.6) is 0 Å². The van der Waals surface area contributed by atoms with Crippen LogP contribution in [0.1, 0.15) is 30.9 Å². The lowest BCUT2D eigenvalue weighted by Gasteiger charge is -2.41. The minimum Gasteiger partial charge on any atom is -0.448 e. The molecule has 8 nitrogen and oxygen atoms in total. The summed E-state index contributed by atoms with van der Waals surface area (Å²) in [4.78, 5) is 16.3. The molecule has 0 spiro atoms. The van der Waals surface area contributed by atoms with Gasteiger partial charge in [0, 0.05) is 43.3 Å². The number of aliphatic hydroxyl groups excluding tert-OH is 1. The number of piperazine rings is 1. The van der Waals surface area contributed by atoms with Crippen LogP contribution in [0.2, 0.25) is 5.02 Å². The molecule has 2 atom stereocenters. The first kappa shape index (κ1) is 27.7. The largest absolute Gasteiger partial charge is 0.448 e. The smallest absolute Gasteiger partial charge is 0.409 e. The van der Waals surface area contributed by atoms with Crippen LogP contribution >= 0.6 is 11.6 Å². The summed E-state index contributed by atoms with van der Waals surface area (Å²) >= 11 is 5.95. The molecule has 0 bridgehead atoms. The monoisotopic (exact) mass is 557 g/mol. The van der Waals surface area contributed by atoms with E-state index in [2.05, 4.69) is 0 Å². The van der Waals surface area contributed by atoms with Gasteiger partial charge in [0.25, 0.3) is 0 Å². The second kappa shape index (κ2) is 12.0. The molecule has 0 saturated carbocycles. The van der Waals surface area contributed by atoms with Gasteiger partial charge >= 0.3 is 6.09 Å². The zero-order chi connectivity index (χ0) is 26.6. The summed E-state index contributed by atoms with van der Waals surface area (Å²) < 4.78 is 63.3. The van der Waals surface area contributed by atoms with Crippen LogP contribution < -0.4 is 0 Å². The van der Waals surface area contributed by atoms with E-state index in [0.29, 0.717) is 50.6 Å². The summed E-state index contributed by atoms with van der Waals surface area (Å²) in [5.74, 6) is -2.16. The fourth-order valence-electron chi connectivity index (χ4n) is 4.93. The zero-order valence-electron chi connectivity index (χ0n) is 20.2. The summed E-state index contributed by atoms with van der Waals surface area (Å²) in [7, 11) is -4.19. The Hall–Kier alpha value is -2.31. The predicted octanol–water partition coefficient (Wildman–Crippen LogP) is 3.65. The maximum atomic E-state index is 14.8. The summed E-state index contributed by atoms with van der Waals surface area (Å²) in [5, 5.41) is 9.45. The van der Waals surface area contributed by atoms with Crippen LogP contribution in [-0.2, 0) is 14.8 Å². The van der Waals surface area contributed by atoms with Gasteiger partial charge in [-0.2, -0.15) is 4.31 Å². The summed E-state index contributed by atoms with van der Waals surface area (Å²) in [6.45, 7) is 2.38. The highest BCUT2D eigenvalue weighted by Crippen LogP contribution is 2.40. The first-order chi connectivity index (χ1) is 17.7. The number of hydrogen-bond donors (Lipinski definition) is 1. The van der Waals surface area contributed by atoms with Crippen molar-refractivity contribution in [2.75, 3.05) is 45.9 Å². The van der Waals surface area contributed by atoms with Crippen molar-refractivity contribution in [2.45, 2.75) is 36.2 Å². The van der Waals surface area contributed by atoms with Crippen LogP contribution in [0.4, 0.5) is 13.6 Å². The number of amides is 1. The number of sulfonamides is 1. The number of carbonyl (C=O) groups is 1. The van der Waals surface area contributed by atoms with Gasteiger partial charge < -0.3 is 14.7 Å². The van der Waals surface area contributed by atoms with Crippen LogP contribution in [0.25, 0.3) is 0 Å². The second-order valence-electron chi connectivity index (χ2n) is 9.16. The molecule has 0 aliphatic carbocycles. The molecule has 2 aliphatic rings. The number of ether oxygens (including phenoxy) is 1. The third kappa shape index (κ3) is 6.23. The molecule has 0 aromatic heterocycles. The lowest BCUT2D eigenvalue weighted by molar-refractivity contribution is 0.0463. The van der Waals surface area contributed by atoms with E-state index < -0.39 is 39.8 Å². The molecule has 0 unspecified atom stereocenters. The van der Waals surface area contributed by atoms with Crippen molar-refractivity contribution in [3.05, 3.63) is 64.7 Å². The number of benzene rings is 2. The van der Waals surface area contributed by atoms with Crippen LogP contribution in [0.15, 0.2) is 47.4 Å². The third-order valence-electron chi connectivity index (χ3n) is 6.86. The van der Waals surface area contributed by atoms with Gasteiger partial charge in [0.05, 0.1) is 23.6 Å². The van der Waals surface area contributed by atoms with Crippen molar-refractivity contribution in [2.24, 2.45) is 0 Å². The standard InChI is InChI=1S/C25H30ClF2N3O5S/c26-18-7-9-20(10-8-18)37(34,35)31-19(3-1-6-23(31)21-4-2-5-22(27)24(21)28)17-36-25(33)30-13-11-29(12-14-30)15-16-32/h2,4-5,7-10,19,23,32H,1,3,6,11-17H2/t19-,23+/m1/s1. The van der Waals surface area contributed by atoms with Gasteiger partial charge in [-0.15, -0.1) is 0 Å². The average Bonchev–Trinajstić information content (AvgIpc) is 2.89. The number of carbonyl (C=O) groups excluding carboxylic acids is 1. The molecule has 2 aliphatic heterocycles. The van der Waals surface area contributed by atoms with Gasteiger partial charge in [0.15, 0.2) is 11.6 Å². The number of nitrogens with zero attached hydrogens (tertiary/aromatic N) is 3. The van der Waals surface area contributed by atoms with Crippen molar-refractivity contribution < 1.29 is 31.8 Å². The van der Waals surface area contributed by atoms with Crippen molar-refractivity contribution in [1.29, 1.82) is 0 Å². The molecule has 12 heteroatoms. The van der Waals surface area contributed by atoms with Gasteiger partial charge in [0.2, 0.25) is 10.0 Å². The zero-order valence-corrected chi connectivity index (χ0v) is 21.8. The lowest BCUT2D eigenvalue weighted by Crippen LogP contribution is -2.51. The Balaban J connectivity index is 1.58. The maximum absolute atomic E-state index is 14.8. The number of β-amino-alcohol motifs (C(OH)–C–C–N with tert-alkyl or cyclic N) is 1. The normalized spacial score (nSPS) is 21.7. The highest BCUT2D eigenvalue weighted by atomic mass is 35.5. The average molecular weight is 558 g/mol. The van der Waals surface area contributed by atoms with Crippen molar-refractivity contribution >= 4 is 27.7 Å². The van der Waals surface area contributed by atoms with Crippen LogP contribution in [0, 0.1) is 11.6 Å². The second-order valence-corrected chi connectivity index (χ2v) is 11.4. The molecule has 2 heterocycles. The van der Waals surface area contributed by atoms with Crippen molar-refractivity contribution in [3.63, 3.8) is 0 Å². The quantitative estimate of drug-likeness (QED) is 0.559. The first-order valence-corrected chi connectivity index (χ1v) is 14.0. The Morgan fingerprint density at radius 2 is 1.76 bits per heavy atom. The summed E-state index contributed by atoms with van der Waals surface area (Å²) in [5.41, 5.74) is -0.0615. The highest BCUT2D eigenvalue weighted by Gasteiger charge is 2.42. The van der Waals surface area contributed by atoms with Gasteiger partial charge in [0.1, 0.15) is 6.61 Å². The van der Waals surface area contributed by atoms with Gasteiger partial charge in [-0.25, -0.2) is 22.0 Å². The molecule has 2 aromatic carbocycles. The fraction of sp³-hybridized carbons (Fsp3) is 0.480. The lowest BCUT2D eigenvalue weighted by atomic mass is 9.93. The maximum Gasteiger partial charge on any atom is 0.409 e. The van der Waals surface area contributed by atoms with E-state index in [1.54, 1.807) is 4.90 Å². The van der Waals surface area contributed by atoms with E-state index in [0.717, 1.165) is 10.4 Å². The van der Waals surface area contributed by atoms with Crippen molar-refractivity contribution in [3.8, 4) is 0 Å². The fourth-order valence-corrected chi connectivity index (χ4v) is 6.89. The molecule has 4 rings (SSSR count). The van der Waals surface area contributed by atoms with E-state index in [1.165, 1.54) is 36.4 Å². The van der Waals surface area contributed by atoms with E-state index in [4.69, 9.17) is 21.4 Å². The molecule has 2 fully saturated rings. The topological polar surface area (TPSA) is 90.4 Å². The molecular weight excluding hydrogens is 528 g/mol. The van der Waals surface area contributed by atoms with E-state index in [1.807, 2.05) is 4.90 Å². The molecule has 1 N–H and O–H groups in total. The Morgan fingerprint density at radius 3 is 2.43 bits per heavy atom. The number of halogens is 3. The molecular formula is C25H30ClF2N3O5S. The predicted molar refractivity (Wildman–Crippen MR) is 134 cm³/mol. The first-order valence-electron chi connectivity index (χ1n) is 12.2. The molecule has 202 valence electrons. The molecule has 37 heavy (non-hydrogen) atoms. The third-order valence-corrected chi connectivity index (χ3v) is 9.08. The Labute approximate surface area is 220 Å². The van der Waals surface area contributed by atoms with E-state index >= 15 is 0 Å². The SMILES string of the molecule is O=C(OC[C@H]1CCC[C@@H](c2cccc(F)c2F)N1S(=O)(=O)c1ccc(Cl)cc1)N1CCN(CCO)CC1. The molecule has 1 amide bonds. The summed E-state index contributed by atoms with van der Waals surface area (Å²) in [6, 6.07) is 7.58. The number of hydrogen-bond acceptors (Lipinski definition) is 6. The molecule has 2 aromatic rings. The molecule has 2 saturated heterocycles. The van der Waals surface area contributed by atoms with Gasteiger partial charge in [-0.3, -0.25) is 4.90 Å². The molecule has 0 radical (unpaired) electrons. The van der Waals surface area contributed by atoms with E-state index in [-0.39, 0.29) is 30.1 Å². The number of piperidine rings is 1. The van der Waals surface area contributed by atoms with Gasteiger partial charge in [-0.1, -0.05) is 23.7 Å². The van der Waals surface area contributed by atoms with Crippen LogP contribution in [-0.4, -0.2) is 85.7 Å². The number of aliphatic hydroxyl groups is 1. The minimum absolute atomic E-state index is 0.0388. The Morgan fingerprint density at radius 1 is 1.05 bits per heavy atom. The van der Waals surface area contributed by atoms with Crippen LogP contribution in [0.3, 0.4) is 0 Å². The van der Waals surface area contributed by atoms with Crippen molar-refractivity contribution in [1.82, 2.24) is 14.1 Å². The Bertz CT molecular complexity index is 1190. The minimum atomic E-state index is -4.19. The Kier molecular flexibility index (Phi) is 9.02.